The van der Waals surface area contributed by atoms with Crippen LogP contribution >= 0.6 is 0 Å². The molecule has 18 heavy (non-hydrogen) atoms. The average Bonchev–Trinajstić information content (AvgIpc) is 2.26. The minimum Gasteiger partial charge on any atom is -0.480 e. The summed E-state index contributed by atoms with van der Waals surface area (Å²) in [6, 6.07) is 4.34. The number of hydrogen-bond acceptors (Lipinski definition) is 3. The quantitative estimate of drug-likeness (QED) is 0.822. The molecule has 0 saturated carbocycles. The summed E-state index contributed by atoms with van der Waals surface area (Å²) in [5.74, 6) is -1.53. The number of ether oxygens (including phenoxy) is 1. The van der Waals surface area contributed by atoms with E-state index in [-0.39, 0.29) is 6.61 Å². The first kappa shape index (κ1) is 14.2. The maximum absolute atomic E-state index is 11.9. The van der Waals surface area contributed by atoms with Crippen molar-refractivity contribution in [1.29, 1.82) is 0 Å². The molecule has 0 aromatic heterocycles. The Morgan fingerprint density at radius 1 is 1.28 bits per heavy atom. The largest absolute Gasteiger partial charge is 0.480 e. The minimum absolute atomic E-state index is 0.0636. The summed E-state index contributed by atoms with van der Waals surface area (Å²) in [5, 5.41) is 11.3. The fourth-order valence-electron chi connectivity index (χ4n) is 1.69. The minimum atomic E-state index is -1.12. The van der Waals surface area contributed by atoms with Crippen LogP contribution < -0.4 is 5.32 Å². The van der Waals surface area contributed by atoms with Crippen LogP contribution in [0.2, 0.25) is 0 Å². The summed E-state index contributed by atoms with van der Waals surface area (Å²) < 4.78 is 4.75. The van der Waals surface area contributed by atoms with Crippen molar-refractivity contribution in [2.75, 3.05) is 13.7 Å². The molecule has 1 atom stereocenters. The highest BCUT2D eigenvalue weighted by molar-refractivity contribution is 5.96. The van der Waals surface area contributed by atoms with Gasteiger partial charge in [-0.1, -0.05) is 17.2 Å². The molecule has 0 bridgehead atoms. The zero-order valence-electron chi connectivity index (χ0n) is 10.7. The molecule has 0 spiro atoms. The molecule has 1 unspecified atom stereocenters. The molecule has 0 fully saturated rings. The molecule has 1 amide bonds. The highest BCUT2D eigenvalue weighted by Gasteiger charge is 2.20. The van der Waals surface area contributed by atoms with Gasteiger partial charge in [0.1, 0.15) is 0 Å². The van der Waals surface area contributed by atoms with Crippen molar-refractivity contribution in [3.8, 4) is 0 Å². The lowest BCUT2D eigenvalue weighted by Gasteiger charge is -2.14. The number of carbonyl (C=O) groups is 2. The van der Waals surface area contributed by atoms with Gasteiger partial charge in [-0.3, -0.25) is 4.79 Å². The molecule has 1 aromatic rings. The predicted octanol–water partition coefficient (Wildman–Crippen LogP) is 1.13. The van der Waals surface area contributed by atoms with Crippen LogP contribution in [0.4, 0.5) is 0 Å². The second-order valence-corrected chi connectivity index (χ2v) is 4.20. The second kappa shape index (κ2) is 6.16. The molecule has 0 saturated heterocycles. The summed E-state index contributed by atoms with van der Waals surface area (Å²) in [6.07, 6.45) is 0. The number of hydrogen-bond donors (Lipinski definition) is 2. The molecular weight excluding hydrogens is 234 g/mol. The van der Waals surface area contributed by atoms with Crippen molar-refractivity contribution >= 4 is 11.9 Å². The number of benzene rings is 1. The smallest absolute Gasteiger partial charge is 0.328 e. The molecule has 2 N–H and O–H groups in total. The lowest BCUT2D eigenvalue weighted by molar-refractivity contribution is -0.140. The van der Waals surface area contributed by atoms with Gasteiger partial charge in [-0.05, 0) is 26.0 Å². The fourth-order valence-corrected chi connectivity index (χ4v) is 1.69. The van der Waals surface area contributed by atoms with Gasteiger partial charge in [-0.2, -0.15) is 0 Å². The van der Waals surface area contributed by atoms with Gasteiger partial charge in [0.25, 0.3) is 5.91 Å². The Bertz CT molecular complexity index is 436. The zero-order chi connectivity index (χ0) is 13.7. The number of nitrogens with one attached hydrogen (secondary N) is 1. The topological polar surface area (TPSA) is 75.6 Å². The maximum atomic E-state index is 11.9. The third kappa shape index (κ3) is 3.85. The lowest BCUT2D eigenvalue weighted by Crippen LogP contribution is -2.43. The van der Waals surface area contributed by atoms with Crippen LogP contribution in [0, 0.1) is 13.8 Å². The van der Waals surface area contributed by atoms with Gasteiger partial charge in [0, 0.05) is 12.7 Å². The standard InChI is InChI=1S/C13H17NO4/c1-8-4-9(2)6-10(5-8)12(15)14-11(7-18-3)13(16)17/h4-6,11H,7H2,1-3H3,(H,14,15)(H,16,17). The first-order valence-electron chi connectivity index (χ1n) is 5.55. The van der Waals surface area contributed by atoms with Gasteiger partial charge in [0.05, 0.1) is 6.61 Å². The second-order valence-electron chi connectivity index (χ2n) is 4.20. The first-order valence-corrected chi connectivity index (χ1v) is 5.55. The number of aliphatic carboxylic acids is 1. The third-order valence-corrected chi connectivity index (χ3v) is 2.42. The van der Waals surface area contributed by atoms with Crippen molar-refractivity contribution in [1.82, 2.24) is 5.32 Å². The van der Waals surface area contributed by atoms with E-state index in [9.17, 15) is 9.59 Å². The van der Waals surface area contributed by atoms with E-state index in [1.165, 1.54) is 7.11 Å². The molecule has 1 aromatic carbocycles. The molecular formula is C13H17NO4. The summed E-state index contributed by atoms with van der Waals surface area (Å²) in [7, 11) is 1.39. The van der Waals surface area contributed by atoms with Gasteiger partial charge in [0.15, 0.2) is 6.04 Å². The van der Waals surface area contributed by atoms with E-state index >= 15 is 0 Å². The normalized spacial score (nSPS) is 11.9. The summed E-state index contributed by atoms with van der Waals surface area (Å²) in [6.45, 7) is 3.70. The monoisotopic (exact) mass is 251 g/mol. The van der Waals surface area contributed by atoms with Crippen molar-refractivity contribution in [2.24, 2.45) is 0 Å². The number of carboxylic acids is 1. The number of amides is 1. The average molecular weight is 251 g/mol. The Morgan fingerprint density at radius 2 is 1.83 bits per heavy atom. The Kier molecular flexibility index (Phi) is 4.85. The van der Waals surface area contributed by atoms with Crippen molar-refractivity contribution in [3.63, 3.8) is 0 Å². The molecule has 5 nitrogen and oxygen atoms in total. The van der Waals surface area contributed by atoms with Crippen LogP contribution in [0.5, 0.6) is 0 Å². The molecule has 5 heteroatoms. The fraction of sp³-hybridized carbons (Fsp3) is 0.385. The lowest BCUT2D eigenvalue weighted by atomic mass is 10.1. The van der Waals surface area contributed by atoms with Gasteiger partial charge < -0.3 is 15.2 Å². The van der Waals surface area contributed by atoms with Gasteiger partial charge in [-0.25, -0.2) is 4.79 Å². The number of carbonyl (C=O) groups excluding carboxylic acids is 1. The van der Waals surface area contributed by atoms with Crippen LogP contribution in [-0.2, 0) is 9.53 Å². The van der Waals surface area contributed by atoms with E-state index in [1.54, 1.807) is 12.1 Å². The van der Waals surface area contributed by atoms with Gasteiger partial charge >= 0.3 is 5.97 Å². The van der Waals surface area contributed by atoms with Crippen LogP contribution in [0.25, 0.3) is 0 Å². The van der Waals surface area contributed by atoms with E-state index in [0.717, 1.165) is 11.1 Å². The van der Waals surface area contributed by atoms with Crippen molar-refractivity contribution < 1.29 is 19.4 Å². The summed E-state index contributed by atoms with van der Waals surface area (Å²) in [4.78, 5) is 22.8. The SMILES string of the molecule is COCC(NC(=O)c1cc(C)cc(C)c1)C(=O)O. The van der Waals surface area contributed by atoms with E-state index < -0.39 is 17.9 Å². The Balaban J connectivity index is 2.83. The third-order valence-electron chi connectivity index (χ3n) is 2.42. The highest BCUT2D eigenvalue weighted by Crippen LogP contribution is 2.09. The van der Waals surface area contributed by atoms with Crippen LogP contribution in [0.15, 0.2) is 18.2 Å². The number of aryl methyl sites for hydroxylation is 2. The predicted molar refractivity (Wildman–Crippen MR) is 66.7 cm³/mol. The molecule has 0 aliphatic heterocycles. The Labute approximate surface area is 106 Å². The number of rotatable bonds is 5. The van der Waals surface area contributed by atoms with Crippen molar-refractivity contribution in [3.05, 3.63) is 34.9 Å². The maximum Gasteiger partial charge on any atom is 0.328 e. The van der Waals surface area contributed by atoms with Crippen molar-refractivity contribution in [2.45, 2.75) is 19.9 Å². The highest BCUT2D eigenvalue weighted by atomic mass is 16.5. The number of methoxy groups -OCH3 is 1. The van der Waals surface area contributed by atoms with Gasteiger partial charge in [-0.15, -0.1) is 0 Å². The molecule has 0 radical (unpaired) electrons. The summed E-state index contributed by atoms with van der Waals surface area (Å²) in [5.41, 5.74) is 2.37. The molecule has 0 heterocycles. The van der Waals surface area contributed by atoms with E-state index in [4.69, 9.17) is 9.84 Å². The molecule has 0 aliphatic carbocycles. The van der Waals surface area contributed by atoms with E-state index in [2.05, 4.69) is 5.32 Å². The van der Waals surface area contributed by atoms with Crippen LogP contribution in [-0.4, -0.2) is 36.7 Å². The van der Waals surface area contributed by atoms with Crippen LogP contribution in [0.3, 0.4) is 0 Å². The summed E-state index contributed by atoms with van der Waals surface area (Å²) >= 11 is 0. The van der Waals surface area contributed by atoms with Crippen LogP contribution in [0.1, 0.15) is 21.5 Å². The molecule has 0 aliphatic rings. The molecule has 1 rings (SSSR count). The van der Waals surface area contributed by atoms with E-state index in [1.807, 2.05) is 19.9 Å². The zero-order valence-corrected chi connectivity index (χ0v) is 10.7. The number of carboxylic acid groups (broad SMARTS) is 1. The molecule has 98 valence electrons. The van der Waals surface area contributed by atoms with Gasteiger partial charge in [0.2, 0.25) is 0 Å². The first-order chi connectivity index (χ1) is 8.43. The Hall–Kier alpha value is -1.88. The van der Waals surface area contributed by atoms with E-state index in [0.29, 0.717) is 5.56 Å². The Morgan fingerprint density at radius 3 is 2.28 bits per heavy atom.